The predicted octanol–water partition coefficient (Wildman–Crippen LogP) is 4.30. The number of ether oxygens (including phenoxy) is 1. The van der Waals surface area contributed by atoms with E-state index in [1.54, 1.807) is 18.2 Å². The first-order chi connectivity index (χ1) is 10.7. The molecule has 5 heteroatoms. The van der Waals surface area contributed by atoms with E-state index >= 15 is 0 Å². The monoisotopic (exact) mass is 362 g/mol. The smallest absolute Gasteiger partial charge is 0.214 e. The van der Waals surface area contributed by atoms with E-state index in [1.807, 2.05) is 18.2 Å². The van der Waals surface area contributed by atoms with Gasteiger partial charge in [0.1, 0.15) is 5.69 Å². The quantitative estimate of drug-likeness (QED) is 0.761. The lowest BCUT2D eigenvalue weighted by atomic mass is 9.94. The summed E-state index contributed by atoms with van der Waals surface area (Å²) < 4.78 is 6.59. The van der Waals surface area contributed by atoms with Crippen molar-refractivity contribution in [3.63, 3.8) is 0 Å². The summed E-state index contributed by atoms with van der Waals surface area (Å²) in [4.78, 5) is 18.0. The molecule has 0 unspecified atom stereocenters. The summed E-state index contributed by atoms with van der Waals surface area (Å²) >= 11 is 3.48. The van der Waals surface area contributed by atoms with Gasteiger partial charge in [0.05, 0.1) is 18.8 Å². The van der Waals surface area contributed by atoms with Crippen LogP contribution in [-0.4, -0.2) is 24.5 Å². The Bertz CT molecular complexity index is 684. The summed E-state index contributed by atoms with van der Waals surface area (Å²) in [5.41, 5.74) is 1.62. The predicted molar refractivity (Wildman–Crippen MR) is 91.4 cm³/mol. The molecule has 0 spiro atoms. The lowest BCUT2D eigenvalue weighted by molar-refractivity contribution is -0.108. The molecule has 0 saturated heterocycles. The van der Waals surface area contributed by atoms with E-state index in [4.69, 9.17) is 4.74 Å². The number of hydrogen-bond acceptors (Lipinski definition) is 3. The maximum absolute atomic E-state index is 11.7. The second kappa shape index (κ2) is 6.65. The fourth-order valence-electron chi connectivity index (χ4n) is 3.23. The number of aromatic nitrogens is 1. The highest BCUT2D eigenvalue weighted by Gasteiger charge is 2.24. The van der Waals surface area contributed by atoms with Crippen LogP contribution in [0.2, 0.25) is 0 Å². The van der Waals surface area contributed by atoms with Gasteiger partial charge in [-0.2, -0.15) is 0 Å². The molecule has 0 bridgehead atoms. The molecule has 0 aliphatic heterocycles. The number of hydrogen-bond donors (Lipinski definition) is 0. The fraction of sp³-hybridized carbons (Fsp3) is 0.412. The molecule has 3 rings (SSSR count). The van der Waals surface area contributed by atoms with E-state index in [2.05, 4.69) is 20.9 Å². The van der Waals surface area contributed by atoms with E-state index in [0.29, 0.717) is 5.75 Å². The standard InChI is InChI=1S/C17H19BrN2O2/c1-22-17-14-9-12(18)7-8-15(14)19-10-16(17)20(11-21)13-5-3-2-4-6-13/h7-11,13H,2-6H2,1H3. The van der Waals surface area contributed by atoms with Crippen LogP contribution in [0.1, 0.15) is 32.1 Å². The third-order valence-corrected chi connectivity index (χ3v) is 4.82. The van der Waals surface area contributed by atoms with Crippen LogP contribution in [0.3, 0.4) is 0 Å². The Kier molecular flexibility index (Phi) is 4.62. The molecule has 0 N–H and O–H groups in total. The average molecular weight is 363 g/mol. The van der Waals surface area contributed by atoms with Crippen molar-refractivity contribution in [2.45, 2.75) is 38.1 Å². The van der Waals surface area contributed by atoms with Crippen LogP contribution in [0, 0.1) is 0 Å². The topological polar surface area (TPSA) is 42.4 Å². The minimum absolute atomic E-state index is 0.242. The Morgan fingerprint density at radius 2 is 2.09 bits per heavy atom. The number of carbonyl (C=O) groups excluding carboxylic acids is 1. The van der Waals surface area contributed by atoms with E-state index in [-0.39, 0.29) is 6.04 Å². The molecule has 1 fully saturated rings. The van der Waals surface area contributed by atoms with Crippen molar-refractivity contribution in [2.75, 3.05) is 12.0 Å². The molecular weight excluding hydrogens is 344 g/mol. The van der Waals surface area contributed by atoms with Crippen LogP contribution in [-0.2, 0) is 4.79 Å². The summed E-state index contributed by atoms with van der Waals surface area (Å²) in [7, 11) is 1.64. The Hall–Kier alpha value is -1.62. The number of carbonyl (C=O) groups is 1. The zero-order valence-corrected chi connectivity index (χ0v) is 14.2. The van der Waals surface area contributed by atoms with Gasteiger partial charge in [-0.25, -0.2) is 0 Å². The van der Waals surface area contributed by atoms with Gasteiger partial charge in [0.25, 0.3) is 0 Å². The normalized spacial score (nSPS) is 15.7. The summed E-state index contributed by atoms with van der Waals surface area (Å²) in [6, 6.07) is 6.12. The first-order valence-corrected chi connectivity index (χ1v) is 8.40. The lowest BCUT2D eigenvalue weighted by Crippen LogP contribution is -2.36. The number of benzene rings is 1. The number of pyridine rings is 1. The van der Waals surface area contributed by atoms with E-state index in [1.165, 1.54) is 19.3 Å². The molecule has 2 aromatic rings. The summed E-state index contributed by atoms with van der Waals surface area (Å²) in [5, 5.41) is 0.914. The molecule has 0 atom stereocenters. The number of amides is 1. The SMILES string of the molecule is COc1c(N(C=O)C2CCCCC2)cnc2ccc(Br)cc12. The first kappa shape index (κ1) is 15.3. The van der Waals surface area contributed by atoms with Gasteiger partial charge in [-0.15, -0.1) is 0 Å². The highest BCUT2D eigenvalue weighted by atomic mass is 79.9. The Morgan fingerprint density at radius 1 is 1.32 bits per heavy atom. The molecule has 1 aliphatic carbocycles. The summed E-state index contributed by atoms with van der Waals surface area (Å²) in [6.45, 7) is 0. The van der Waals surface area contributed by atoms with Gasteiger partial charge >= 0.3 is 0 Å². The molecule has 1 amide bonds. The van der Waals surface area contributed by atoms with Gasteiger partial charge < -0.3 is 9.64 Å². The molecule has 1 saturated carbocycles. The molecule has 1 aromatic heterocycles. The highest BCUT2D eigenvalue weighted by molar-refractivity contribution is 9.10. The van der Waals surface area contributed by atoms with Crippen molar-refractivity contribution < 1.29 is 9.53 Å². The fourth-order valence-corrected chi connectivity index (χ4v) is 3.59. The minimum atomic E-state index is 0.242. The van der Waals surface area contributed by atoms with Crippen LogP contribution in [0.15, 0.2) is 28.9 Å². The molecule has 1 aromatic carbocycles. The minimum Gasteiger partial charge on any atom is -0.494 e. The molecule has 4 nitrogen and oxygen atoms in total. The lowest BCUT2D eigenvalue weighted by Gasteiger charge is -2.32. The third-order valence-electron chi connectivity index (χ3n) is 4.33. The van der Waals surface area contributed by atoms with Gasteiger partial charge in [-0.05, 0) is 31.0 Å². The Morgan fingerprint density at radius 3 is 2.77 bits per heavy atom. The highest BCUT2D eigenvalue weighted by Crippen LogP contribution is 2.38. The van der Waals surface area contributed by atoms with Crippen molar-refractivity contribution >= 4 is 38.9 Å². The Balaban J connectivity index is 2.09. The number of halogens is 1. The zero-order chi connectivity index (χ0) is 15.5. The van der Waals surface area contributed by atoms with Crippen LogP contribution in [0.25, 0.3) is 10.9 Å². The number of anilines is 1. The van der Waals surface area contributed by atoms with Crippen molar-refractivity contribution in [2.24, 2.45) is 0 Å². The first-order valence-electron chi connectivity index (χ1n) is 7.60. The van der Waals surface area contributed by atoms with Crippen molar-refractivity contribution in [1.82, 2.24) is 4.98 Å². The van der Waals surface area contributed by atoms with Crippen molar-refractivity contribution in [3.05, 3.63) is 28.9 Å². The summed E-state index contributed by atoms with van der Waals surface area (Å²) in [5.74, 6) is 0.712. The maximum Gasteiger partial charge on any atom is 0.214 e. The van der Waals surface area contributed by atoms with Crippen molar-refractivity contribution in [3.8, 4) is 5.75 Å². The van der Waals surface area contributed by atoms with Crippen LogP contribution in [0.5, 0.6) is 5.75 Å². The third kappa shape index (κ3) is 2.82. The molecule has 1 heterocycles. The van der Waals surface area contributed by atoms with Crippen LogP contribution < -0.4 is 9.64 Å². The van der Waals surface area contributed by atoms with Crippen LogP contribution >= 0.6 is 15.9 Å². The number of nitrogens with zero attached hydrogens (tertiary/aromatic N) is 2. The molecule has 22 heavy (non-hydrogen) atoms. The second-order valence-electron chi connectivity index (χ2n) is 5.64. The van der Waals surface area contributed by atoms with Crippen molar-refractivity contribution in [1.29, 1.82) is 0 Å². The zero-order valence-electron chi connectivity index (χ0n) is 12.6. The Labute approximate surface area is 138 Å². The van der Waals surface area contributed by atoms with Gasteiger partial charge in [-0.3, -0.25) is 9.78 Å². The van der Waals surface area contributed by atoms with Gasteiger partial charge in [-0.1, -0.05) is 35.2 Å². The summed E-state index contributed by atoms with van der Waals surface area (Å²) in [6.07, 6.45) is 8.34. The average Bonchev–Trinajstić information content (AvgIpc) is 2.56. The maximum atomic E-state index is 11.7. The van der Waals surface area contributed by atoms with Gasteiger partial charge in [0, 0.05) is 15.9 Å². The van der Waals surface area contributed by atoms with E-state index in [9.17, 15) is 4.79 Å². The largest absolute Gasteiger partial charge is 0.494 e. The van der Waals surface area contributed by atoms with Gasteiger partial charge in [0.15, 0.2) is 5.75 Å². The molecule has 0 radical (unpaired) electrons. The number of fused-ring (bicyclic) bond motifs is 1. The van der Waals surface area contributed by atoms with E-state index < -0.39 is 0 Å². The van der Waals surface area contributed by atoms with Crippen LogP contribution in [0.4, 0.5) is 5.69 Å². The van der Waals surface area contributed by atoms with E-state index in [0.717, 1.165) is 40.3 Å². The number of rotatable bonds is 4. The molecule has 116 valence electrons. The second-order valence-corrected chi connectivity index (χ2v) is 6.56. The molecule has 1 aliphatic rings. The van der Waals surface area contributed by atoms with Gasteiger partial charge in [0.2, 0.25) is 6.41 Å². The molecular formula is C17H19BrN2O2. The number of methoxy groups -OCH3 is 1.